The standard InChI is InChI=1S/C25H36N4O4/c1-9-18-11-10-12-19(15-18)21(22(30)27-17(4)5)29(14-13-26)23(31)20(16(2)3)28-24(32)33-25(6,7)8/h9-12,15-17,20-21H,1,14H2,2-8H3,(H,27,30)(H,28,32). The highest BCUT2D eigenvalue weighted by atomic mass is 16.6. The lowest BCUT2D eigenvalue weighted by Gasteiger charge is -2.34. The second-order valence-corrected chi connectivity index (χ2v) is 9.43. The Hall–Kier alpha value is -3.34. The lowest BCUT2D eigenvalue weighted by Crippen LogP contribution is -2.55. The summed E-state index contributed by atoms with van der Waals surface area (Å²) in [5, 5.41) is 14.9. The number of amides is 3. The van der Waals surface area contributed by atoms with E-state index in [2.05, 4.69) is 17.2 Å². The molecule has 0 saturated carbocycles. The predicted molar refractivity (Wildman–Crippen MR) is 128 cm³/mol. The van der Waals surface area contributed by atoms with Crippen LogP contribution in [0.2, 0.25) is 0 Å². The molecule has 8 nitrogen and oxygen atoms in total. The molecule has 1 aromatic rings. The fourth-order valence-electron chi connectivity index (χ4n) is 3.19. The minimum Gasteiger partial charge on any atom is -0.444 e. The summed E-state index contributed by atoms with van der Waals surface area (Å²) in [5.41, 5.74) is 0.562. The number of ether oxygens (including phenoxy) is 1. The average molecular weight is 457 g/mol. The second-order valence-electron chi connectivity index (χ2n) is 9.43. The van der Waals surface area contributed by atoms with E-state index in [-0.39, 0.29) is 18.5 Å². The van der Waals surface area contributed by atoms with E-state index in [4.69, 9.17) is 4.74 Å². The fraction of sp³-hybridized carbons (Fsp3) is 0.520. The normalized spacial score (nSPS) is 13.0. The number of hydrogen-bond donors (Lipinski definition) is 2. The molecule has 0 bridgehead atoms. The zero-order valence-electron chi connectivity index (χ0n) is 20.6. The predicted octanol–water partition coefficient (Wildman–Crippen LogP) is 3.80. The fourth-order valence-corrected chi connectivity index (χ4v) is 3.19. The third-order valence-corrected chi connectivity index (χ3v) is 4.58. The van der Waals surface area contributed by atoms with E-state index < -0.39 is 35.6 Å². The van der Waals surface area contributed by atoms with Crippen LogP contribution in [0.1, 0.15) is 65.6 Å². The van der Waals surface area contributed by atoms with Gasteiger partial charge in [0.1, 0.15) is 24.2 Å². The molecule has 3 amide bonds. The van der Waals surface area contributed by atoms with Gasteiger partial charge in [0, 0.05) is 6.04 Å². The highest BCUT2D eigenvalue weighted by Gasteiger charge is 2.37. The number of alkyl carbamates (subject to hydrolysis) is 1. The van der Waals surface area contributed by atoms with Crippen molar-refractivity contribution in [2.45, 2.75) is 72.2 Å². The zero-order valence-corrected chi connectivity index (χ0v) is 20.6. The SMILES string of the molecule is C=Cc1cccc(C(C(=O)NC(C)C)N(CC#N)C(=O)C(NC(=O)OC(C)(C)C)C(C)C)c1. The Bertz CT molecular complexity index is 896. The molecule has 2 unspecified atom stereocenters. The van der Waals surface area contributed by atoms with Crippen molar-refractivity contribution in [3.8, 4) is 6.07 Å². The van der Waals surface area contributed by atoms with Gasteiger partial charge in [0.2, 0.25) is 11.8 Å². The van der Waals surface area contributed by atoms with Crippen molar-refractivity contribution < 1.29 is 19.1 Å². The Kier molecular flexibility index (Phi) is 10.1. The van der Waals surface area contributed by atoms with Crippen LogP contribution >= 0.6 is 0 Å². The minimum atomic E-state index is -1.07. The largest absolute Gasteiger partial charge is 0.444 e. The van der Waals surface area contributed by atoms with E-state index in [1.807, 2.05) is 26.0 Å². The molecule has 0 saturated heterocycles. The highest BCUT2D eigenvalue weighted by Crippen LogP contribution is 2.25. The quantitative estimate of drug-likeness (QED) is 0.549. The first-order valence-electron chi connectivity index (χ1n) is 11.0. The lowest BCUT2D eigenvalue weighted by molar-refractivity contribution is -0.142. The number of carbonyl (C=O) groups excluding carboxylic acids is 3. The summed E-state index contributed by atoms with van der Waals surface area (Å²) >= 11 is 0. The molecule has 0 heterocycles. The summed E-state index contributed by atoms with van der Waals surface area (Å²) < 4.78 is 5.31. The summed E-state index contributed by atoms with van der Waals surface area (Å²) in [4.78, 5) is 40.5. The number of carbonyl (C=O) groups is 3. The number of nitrogens with zero attached hydrogens (tertiary/aromatic N) is 2. The van der Waals surface area contributed by atoms with E-state index in [0.29, 0.717) is 5.56 Å². The molecule has 0 fully saturated rings. The molecule has 1 rings (SSSR count). The van der Waals surface area contributed by atoms with Gasteiger partial charge >= 0.3 is 6.09 Å². The van der Waals surface area contributed by atoms with Crippen molar-refractivity contribution in [1.82, 2.24) is 15.5 Å². The van der Waals surface area contributed by atoms with E-state index in [9.17, 15) is 19.6 Å². The monoisotopic (exact) mass is 456 g/mol. The molecule has 0 aromatic heterocycles. The van der Waals surface area contributed by atoms with E-state index in [0.717, 1.165) is 5.56 Å². The topological polar surface area (TPSA) is 112 Å². The van der Waals surface area contributed by atoms with Gasteiger partial charge < -0.3 is 20.3 Å². The number of nitriles is 1. The molecule has 0 aliphatic rings. The van der Waals surface area contributed by atoms with Crippen LogP contribution in [0.5, 0.6) is 0 Å². The van der Waals surface area contributed by atoms with Crippen LogP contribution in [-0.4, -0.2) is 47.0 Å². The first-order valence-corrected chi connectivity index (χ1v) is 11.0. The van der Waals surface area contributed by atoms with Gasteiger partial charge in [-0.15, -0.1) is 0 Å². The third-order valence-electron chi connectivity index (χ3n) is 4.58. The molecule has 8 heteroatoms. The molecule has 180 valence electrons. The number of benzene rings is 1. The van der Waals surface area contributed by atoms with E-state index >= 15 is 0 Å². The first kappa shape index (κ1) is 27.7. The summed E-state index contributed by atoms with van der Waals surface area (Å²) in [7, 11) is 0. The number of nitrogens with one attached hydrogen (secondary N) is 2. The summed E-state index contributed by atoms with van der Waals surface area (Å²) in [6.45, 7) is 15.7. The molecule has 1 aromatic carbocycles. The Balaban J connectivity index is 3.46. The van der Waals surface area contributed by atoms with Crippen molar-refractivity contribution in [2.75, 3.05) is 6.54 Å². The van der Waals surface area contributed by atoms with Crippen molar-refractivity contribution >= 4 is 24.0 Å². The molecular weight excluding hydrogens is 420 g/mol. The maximum atomic E-state index is 13.6. The van der Waals surface area contributed by atoms with Gasteiger partial charge in [-0.3, -0.25) is 9.59 Å². The molecule has 2 N–H and O–H groups in total. The first-order chi connectivity index (χ1) is 15.3. The summed E-state index contributed by atoms with van der Waals surface area (Å²) in [6, 6.07) is 6.80. The van der Waals surface area contributed by atoms with Gasteiger partial charge in [0.15, 0.2) is 0 Å². The minimum absolute atomic E-state index is 0.178. The molecular formula is C25H36N4O4. The Morgan fingerprint density at radius 1 is 1.18 bits per heavy atom. The van der Waals surface area contributed by atoms with E-state index in [1.165, 1.54) is 4.90 Å². The Labute approximate surface area is 197 Å². The maximum absolute atomic E-state index is 13.6. The second kappa shape index (κ2) is 12.0. The van der Waals surface area contributed by atoms with Gasteiger partial charge in [0.05, 0.1) is 6.07 Å². The van der Waals surface area contributed by atoms with Crippen LogP contribution in [0.4, 0.5) is 4.79 Å². The smallest absolute Gasteiger partial charge is 0.408 e. The molecule has 0 spiro atoms. The van der Waals surface area contributed by atoms with Crippen LogP contribution < -0.4 is 10.6 Å². The van der Waals surface area contributed by atoms with Crippen LogP contribution in [0, 0.1) is 17.2 Å². The van der Waals surface area contributed by atoms with Crippen molar-refractivity contribution in [1.29, 1.82) is 5.26 Å². The lowest BCUT2D eigenvalue weighted by atomic mass is 9.97. The molecule has 0 radical (unpaired) electrons. The highest BCUT2D eigenvalue weighted by molar-refractivity contribution is 5.92. The zero-order chi connectivity index (χ0) is 25.3. The van der Waals surface area contributed by atoms with Crippen LogP contribution in [0.25, 0.3) is 6.08 Å². The van der Waals surface area contributed by atoms with Gasteiger partial charge in [-0.1, -0.05) is 44.7 Å². The summed E-state index contributed by atoms with van der Waals surface area (Å²) in [6.07, 6.45) is 0.890. The van der Waals surface area contributed by atoms with Gasteiger partial charge in [-0.05, 0) is 57.7 Å². The summed E-state index contributed by atoms with van der Waals surface area (Å²) in [5.74, 6) is -1.29. The van der Waals surface area contributed by atoms with Gasteiger partial charge in [-0.2, -0.15) is 5.26 Å². The van der Waals surface area contributed by atoms with E-state index in [1.54, 1.807) is 58.9 Å². The Morgan fingerprint density at radius 2 is 1.82 bits per heavy atom. The number of rotatable bonds is 9. The maximum Gasteiger partial charge on any atom is 0.408 e. The van der Waals surface area contributed by atoms with Crippen molar-refractivity contribution in [2.24, 2.45) is 5.92 Å². The Morgan fingerprint density at radius 3 is 2.30 bits per heavy atom. The molecule has 2 atom stereocenters. The molecule has 33 heavy (non-hydrogen) atoms. The van der Waals surface area contributed by atoms with Gasteiger partial charge in [0.25, 0.3) is 0 Å². The van der Waals surface area contributed by atoms with Crippen LogP contribution in [0.3, 0.4) is 0 Å². The van der Waals surface area contributed by atoms with Crippen molar-refractivity contribution in [3.05, 3.63) is 42.0 Å². The van der Waals surface area contributed by atoms with Crippen LogP contribution in [-0.2, 0) is 14.3 Å². The number of hydrogen-bond acceptors (Lipinski definition) is 5. The molecule has 0 aliphatic carbocycles. The van der Waals surface area contributed by atoms with Crippen LogP contribution in [0.15, 0.2) is 30.8 Å². The van der Waals surface area contributed by atoms with Crippen molar-refractivity contribution in [3.63, 3.8) is 0 Å². The molecule has 0 aliphatic heterocycles. The van der Waals surface area contributed by atoms with Gasteiger partial charge in [-0.25, -0.2) is 4.79 Å². The third kappa shape index (κ3) is 8.60. The average Bonchev–Trinajstić information content (AvgIpc) is 2.69.